The summed E-state index contributed by atoms with van der Waals surface area (Å²) in [5.74, 6) is 2.02. The summed E-state index contributed by atoms with van der Waals surface area (Å²) in [6.07, 6.45) is 0. The number of ether oxygens (including phenoxy) is 1. The molecule has 134 valence electrons. The van der Waals surface area contributed by atoms with E-state index in [2.05, 4.69) is 90.8 Å². The van der Waals surface area contributed by atoms with Gasteiger partial charge in [0, 0.05) is 33.6 Å². The largest absolute Gasteiger partial charge is 0.457 e. The maximum atomic E-state index is 6.36. The molecule has 0 fully saturated rings. The fraction of sp³-hybridized carbons (Fsp3) is 0.0769. The smallest absolute Gasteiger partial charge is 0.132 e. The van der Waals surface area contributed by atoms with E-state index in [-0.39, 0.29) is 5.92 Å². The van der Waals surface area contributed by atoms with Gasteiger partial charge in [-0.1, -0.05) is 66.7 Å². The van der Waals surface area contributed by atoms with E-state index in [0.29, 0.717) is 0 Å². The summed E-state index contributed by atoms with van der Waals surface area (Å²) in [5, 5.41) is 3.77. The summed E-state index contributed by atoms with van der Waals surface area (Å²) in [7, 11) is 0. The van der Waals surface area contributed by atoms with Crippen molar-refractivity contribution in [3.05, 3.63) is 107 Å². The van der Waals surface area contributed by atoms with Crippen LogP contribution in [0, 0.1) is 6.92 Å². The van der Waals surface area contributed by atoms with Crippen molar-refractivity contribution in [2.45, 2.75) is 12.8 Å². The van der Waals surface area contributed by atoms with Gasteiger partial charge in [-0.15, -0.1) is 0 Å². The molecule has 0 saturated carbocycles. The van der Waals surface area contributed by atoms with Gasteiger partial charge in [-0.25, -0.2) is 0 Å². The second kappa shape index (κ2) is 5.74. The SMILES string of the molecule is Cc1[nH]c2ccccc2c1C1c2ccccc2Oc2ccc3ccccc3c21. The van der Waals surface area contributed by atoms with Gasteiger partial charge in [0.05, 0.1) is 0 Å². The van der Waals surface area contributed by atoms with Crippen LogP contribution in [0.3, 0.4) is 0 Å². The highest BCUT2D eigenvalue weighted by Crippen LogP contribution is 2.51. The highest BCUT2D eigenvalue weighted by molar-refractivity contribution is 5.93. The molecule has 1 unspecified atom stereocenters. The number of para-hydroxylation sites is 2. The molecule has 0 aliphatic carbocycles. The second-order valence-electron chi connectivity index (χ2n) is 7.48. The minimum absolute atomic E-state index is 0.127. The summed E-state index contributed by atoms with van der Waals surface area (Å²) in [4.78, 5) is 3.59. The Hall–Kier alpha value is -3.52. The summed E-state index contributed by atoms with van der Waals surface area (Å²) < 4.78 is 6.36. The summed E-state index contributed by atoms with van der Waals surface area (Å²) in [6.45, 7) is 2.18. The van der Waals surface area contributed by atoms with Crippen molar-refractivity contribution in [2.75, 3.05) is 0 Å². The van der Waals surface area contributed by atoms with Crippen molar-refractivity contribution in [3.63, 3.8) is 0 Å². The highest BCUT2D eigenvalue weighted by atomic mass is 16.5. The number of aromatic amines is 1. The molecule has 0 saturated heterocycles. The lowest BCUT2D eigenvalue weighted by Gasteiger charge is -2.30. The van der Waals surface area contributed by atoms with Crippen LogP contribution in [0.15, 0.2) is 84.9 Å². The van der Waals surface area contributed by atoms with Gasteiger partial charge in [-0.2, -0.15) is 0 Å². The van der Waals surface area contributed by atoms with Crippen LogP contribution in [-0.2, 0) is 0 Å². The first-order valence-corrected chi connectivity index (χ1v) is 9.67. The lowest BCUT2D eigenvalue weighted by molar-refractivity contribution is 0.454. The molecule has 0 bridgehead atoms. The Balaban J connectivity index is 1.76. The molecule has 6 rings (SSSR count). The lowest BCUT2D eigenvalue weighted by Crippen LogP contribution is -2.12. The van der Waals surface area contributed by atoms with Crippen LogP contribution in [0.4, 0.5) is 0 Å². The van der Waals surface area contributed by atoms with E-state index >= 15 is 0 Å². The average Bonchev–Trinajstić information content (AvgIpc) is 3.07. The molecule has 0 spiro atoms. The van der Waals surface area contributed by atoms with E-state index in [9.17, 15) is 0 Å². The van der Waals surface area contributed by atoms with Gasteiger partial charge in [0.25, 0.3) is 0 Å². The minimum atomic E-state index is 0.127. The number of benzene rings is 4. The van der Waals surface area contributed by atoms with E-state index in [1.165, 1.54) is 44.1 Å². The summed E-state index contributed by atoms with van der Waals surface area (Å²) in [5.41, 5.74) is 6.20. The lowest BCUT2D eigenvalue weighted by atomic mass is 9.79. The van der Waals surface area contributed by atoms with E-state index in [1.54, 1.807) is 0 Å². The molecular formula is C26H19NO. The number of hydrogen-bond donors (Lipinski definition) is 1. The molecule has 1 N–H and O–H groups in total. The van der Waals surface area contributed by atoms with Gasteiger partial charge in [0.2, 0.25) is 0 Å². The van der Waals surface area contributed by atoms with Crippen molar-refractivity contribution in [1.82, 2.24) is 4.98 Å². The number of aryl methyl sites for hydroxylation is 1. The van der Waals surface area contributed by atoms with Gasteiger partial charge in [0.15, 0.2) is 0 Å². The van der Waals surface area contributed by atoms with Gasteiger partial charge in [-0.05, 0) is 41.5 Å². The highest BCUT2D eigenvalue weighted by Gasteiger charge is 2.32. The first kappa shape index (κ1) is 15.5. The van der Waals surface area contributed by atoms with E-state index < -0.39 is 0 Å². The second-order valence-corrected chi connectivity index (χ2v) is 7.48. The third-order valence-electron chi connectivity index (χ3n) is 5.90. The Labute approximate surface area is 163 Å². The molecule has 5 aromatic rings. The molecule has 1 aliphatic heterocycles. The number of fused-ring (bicyclic) bond motifs is 5. The minimum Gasteiger partial charge on any atom is -0.457 e. The normalized spacial score (nSPS) is 15.2. The molecular weight excluding hydrogens is 342 g/mol. The number of hydrogen-bond acceptors (Lipinski definition) is 1. The van der Waals surface area contributed by atoms with Gasteiger partial charge in [-0.3, -0.25) is 0 Å². The van der Waals surface area contributed by atoms with Gasteiger partial charge in [0.1, 0.15) is 11.5 Å². The van der Waals surface area contributed by atoms with Crippen LogP contribution in [-0.4, -0.2) is 4.98 Å². The Bertz CT molecular complexity index is 1360. The molecule has 2 heterocycles. The first-order valence-electron chi connectivity index (χ1n) is 9.67. The first-order chi connectivity index (χ1) is 13.8. The van der Waals surface area contributed by atoms with E-state index in [4.69, 9.17) is 4.74 Å². The fourth-order valence-electron chi connectivity index (χ4n) is 4.72. The Kier molecular flexibility index (Phi) is 3.18. The Morgan fingerprint density at radius 3 is 2.36 bits per heavy atom. The summed E-state index contributed by atoms with van der Waals surface area (Å²) >= 11 is 0. The number of H-pyrrole nitrogens is 1. The van der Waals surface area contributed by atoms with Crippen LogP contribution in [0.5, 0.6) is 11.5 Å². The van der Waals surface area contributed by atoms with E-state index in [0.717, 1.165) is 11.5 Å². The summed E-state index contributed by atoms with van der Waals surface area (Å²) in [6, 6.07) is 29.9. The van der Waals surface area contributed by atoms with Crippen molar-refractivity contribution >= 4 is 21.7 Å². The van der Waals surface area contributed by atoms with Crippen LogP contribution in [0.2, 0.25) is 0 Å². The number of rotatable bonds is 1. The maximum absolute atomic E-state index is 6.36. The Morgan fingerprint density at radius 1 is 0.679 bits per heavy atom. The van der Waals surface area contributed by atoms with Crippen LogP contribution in [0.1, 0.15) is 28.3 Å². The number of nitrogens with one attached hydrogen (secondary N) is 1. The standard InChI is InChI=1S/C26H19NO/c1-16-24(19-10-4-6-12-21(19)27-16)26-20-11-5-7-13-22(20)28-23-15-14-17-8-2-3-9-18(17)25(23)26/h2-15,26-27H,1H3. The molecule has 2 nitrogen and oxygen atoms in total. The van der Waals surface area contributed by atoms with Crippen molar-refractivity contribution < 1.29 is 4.74 Å². The topological polar surface area (TPSA) is 25.0 Å². The van der Waals surface area contributed by atoms with Gasteiger partial charge >= 0.3 is 0 Å². The molecule has 2 heteroatoms. The predicted octanol–water partition coefficient (Wildman–Crippen LogP) is 6.92. The third kappa shape index (κ3) is 2.09. The molecule has 4 aromatic carbocycles. The molecule has 1 atom stereocenters. The van der Waals surface area contributed by atoms with Crippen LogP contribution < -0.4 is 4.74 Å². The number of aromatic nitrogens is 1. The molecule has 1 aromatic heterocycles. The van der Waals surface area contributed by atoms with Crippen molar-refractivity contribution in [2.24, 2.45) is 0 Å². The zero-order valence-electron chi connectivity index (χ0n) is 15.6. The molecule has 28 heavy (non-hydrogen) atoms. The monoisotopic (exact) mass is 361 g/mol. The fourth-order valence-corrected chi connectivity index (χ4v) is 4.72. The zero-order valence-corrected chi connectivity index (χ0v) is 15.6. The molecule has 1 aliphatic rings. The molecule has 0 radical (unpaired) electrons. The molecule has 0 amide bonds. The predicted molar refractivity (Wildman–Crippen MR) is 114 cm³/mol. The average molecular weight is 361 g/mol. The zero-order chi connectivity index (χ0) is 18.7. The van der Waals surface area contributed by atoms with Crippen LogP contribution in [0.25, 0.3) is 21.7 Å². The van der Waals surface area contributed by atoms with E-state index in [1.807, 2.05) is 6.07 Å². The van der Waals surface area contributed by atoms with Gasteiger partial charge < -0.3 is 9.72 Å². The van der Waals surface area contributed by atoms with Crippen molar-refractivity contribution in [3.8, 4) is 11.5 Å². The quantitative estimate of drug-likeness (QED) is 0.338. The van der Waals surface area contributed by atoms with Crippen LogP contribution >= 0.6 is 0 Å². The van der Waals surface area contributed by atoms with Crippen molar-refractivity contribution in [1.29, 1.82) is 0 Å². The maximum Gasteiger partial charge on any atom is 0.132 e. The third-order valence-corrected chi connectivity index (χ3v) is 5.90. The Morgan fingerprint density at radius 2 is 1.43 bits per heavy atom.